The lowest BCUT2D eigenvalue weighted by Crippen LogP contribution is -2.29. The molecule has 0 spiro atoms. The van der Waals surface area contributed by atoms with Gasteiger partial charge in [-0.2, -0.15) is 11.8 Å². The predicted molar refractivity (Wildman–Crippen MR) is 70.4 cm³/mol. The molecule has 0 bridgehead atoms. The van der Waals surface area contributed by atoms with Gasteiger partial charge in [0.2, 0.25) is 0 Å². The van der Waals surface area contributed by atoms with Crippen molar-refractivity contribution < 1.29 is 9.21 Å². The SMILES string of the molecule is CC(C)(C)SC1CCN(C(=O)c2ccoc2)C1. The zero-order valence-electron chi connectivity index (χ0n) is 10.6. The number of nitrogens with zero attached hydrogens (tertiary/aromatic N) is 1. The molecule has 2 heterocycles. The van der Waals surface area contributed by atoms with Gasteiger partial charge in [0, 0.05) is 23.1 Å². The largest absolute Gasteiger partial charge is 0.472 e. The van der Waals surface area contributed by atoms with E-state index in [4.69, 9.17) is 4.42 Å². The van der Waals surface area contributed by atoms with Crippen LogP contribution in [0.2, 0.25) is 0 Å². The molecule has 4 heteroatoms. The molecule has 1 atom stereocenters. The zero-order valence-corrected chi connectivity index (χ0v) is 11.4. The normalized spacial score (nSPS) is 20.9. The standard InChI is InChI=1S/C13H19NO2S/c1-13(2,3)17-11-4-6-14(8-11)12(15)10-5-7-16-9-10/h5,7,9,11H,4,6,8H2,1-3H3. The highest BCUT2D eigenvalue weighted by atomic mass is 32.2. The average Bonchev–Trinajstić information content (AvgIpc) is 2.83. The van der Waals surface area contributed by atoms with E-state index in [-0.39, 0.29) is 10.7 Å². The van der Waals surface area contributed by atoms with Crippen molar-refractivity contribution in [2.45, 2.75) is 37.2 Å². The molecule has 3 nitrogen and oxygen atoms in total. The van der Waals surface area contributed by atoms with Crippen molar-refractivity contribution in [1.29, 1.82) is 0 Å². The Morgan fingerprint density at radius 1 is 1.53 bits per heavy atom. The van der Waals surface area contributed by atoms with E-state index in [1.54, 1.807) is 12.3 Å². The second-order valence-corrected chi connectivity index (χ2v) is 7.53. The molecule has 17 heavy (non-hydrogen) atoms. The van der Waals surface area contributed by atoms with Crippen molar-refractivity contribution in [3.63, 3.8) is 0 Å². The lowest BCUT2D eigenvalue weighted by atomic mass is 10.3. The Morgan fingerprint density at radius 2 is 2.29 bits per heavy atom. The van der Waals surface area contributed by atoms with Crippen LogP contribution < -0.4 is 0 Å². The van der Waals surface area contributed by atoms with Crippen LogP contribution in [0.5, 0.6) is 0 Å². The summed E-state index contributed by atoms with van der Waals surface area (Å²) in [5.41, 5.74) is 0.659. The number of rotatable bonds is 2. The third kappa shape index (κ3) is 3.28. The van der Waals surface area contributed by atoms with Gasteiger partial charge in [0.25, 0.3) is 5.91 Å². The number of hydrogen-bond acceptors (Lipinski definition) is 3. The number of hydrogen-bond donors (Lipinski definition) is 0. The number of thioether (sulfide) groups is 1. The smallest absolute Gasteiger partial charge is 0.257 e. The Labute approximate surface area is 107 Å². The summed E-state index contributed by atoms with van der Waals surface area (Å²) < 4.78 is 5.21. The van der Waals surface area contributed by atoms with Gasteiger partial charge in [-0.05, 0) is 12.5 Å². The minimum absolute atomic E-state index is 0.0933. The summed E-state index contributed by atoms with van der Waals surface area (Å²) in [5, 5.41) is 0.561. The summed E-state index contributed by atoms with van der Waals surface area (Å²) in [4.78, 5) is 14.0. The lowest BCUT2D eigenvalue weighted by Gasteiger charge is -2.22. The summed E-state index contributed by atoms with van der Waals surface area (Å²) in [6.07, 6.45) is 4.16. The monoisotopic (exact) mass is 253 g/mol. The molecule has 0 aromatic carbocycles. The molecule has 1 aliphatic heterocycles. The van der Waals surface area contributed by atoms with Gasteiger partial charge in [-0.15, -0.1) is 0 Å². The van der Waals surface area contributed by atoms with Gasteiger partial charge in [0.05, 0.1) is 11.8 Å². The number of amides is 1. The Kier molecular flexibility index (Phi) is 3.52. The first-order valence-electron chi connectivity index (χ1n) is 5.95. The molecule has 2 rings (SSSR count). The van der Waals surface area contributed by atoms with Crippen LogP contribution in [0.25, 0.3) is 0 Å². The molecule has 0 radical (unpaired) electrons. The zero-order chi connectivity index (χ0) is 12.5. The average molecular weight is 253 g/mol. The van der Waals surface area contributed by atoms with E-state index >= 15 is 0 Å². The van der Waals surface area contributed by atoms with Crippen molar-refractivity contribution in [3.05, 3.63) is 24.2 Å². The van der Waals surface area contributed by atoms with Crippen LogP contribution >= 0.6 is 11.8 Å². The van der Waals surface area contributed by atoms with E-state index in [1.807, 2.05) is 16.7 Å². The number of likely N-dealkylation sites (tertiary alicyclic amines) is 1. The fraction of sp³-hybridized carbons (Fsp3) is 0.615. The molecule has 0 aliphatic carbocycles. The molecule has 1 saturated heterocycles. The first-order chi connectivity index (χ1) is 7.96. The molecule has 0 saturated carbocycles. The van der Waals surface area contributed by atoms with E-state index in [1.165, 1.54) is 6.26 Å². The summed E-state index contributed by atoms with van der Waals surface area (Å²) in [7, 11) is 0. The molecule has 1 amide bonds. The Bertz CT molecular complexity index is 381. The van der Waals surface area contributed by atoms with Gasteiger partial charge in [-0.25, -0.2) is 0 Å². The maximum atomic E-state index is 12.1. The van der Waals surface area contributed by atoms with Crippen LogP contribution in [-0.2, 0) is 0 Å². The number of carbonyl (C=O) groups excluding carboxylic acids is 1. The summed E-state index contributed by atoms with van der Waals surface area (Å²) in [6, 6.07) is 1.73. The van der Waals surface area contributed by atoms with Crippen molar-refractivity contribution in [3.8, 4) is 0 Å². The quantitative estimate of drug-likeness (QED) is 0.812. The van der Waals surface area contributed by atoms with Gasteiger partial charge >= 0.3 is 0 Å². The van der Waals surface area contributed by atoms with E-state index in [0.717, 1.165) is 19.5 Å². The molecule has 1 aliphatic rings. The topological polar surface area (TPSA) is 33.5 Å². The number of carbonyl (C=O) groups is 1. The Hall–Kier alpha value is -0.900. The molecule has 94 valence electrons. The third-order valence-electron chi connectivity index (χ3n) is 2.72. The highest BCUT2D eigenvalue weighted by Crippen LogP contribution is 2.33. The van der Waals surface area contributed by atoms with Crippen molar-refractivity contribution in [2.24, 2.45) is 0 Å². The predicted octanol–water partition coefficient (Wildman–Crippen LogP) is 3.03. The Balaban J connectivity index is 1.92. The maximum Gasteiger partial charge on any atom is 0.257 e. The van der Waals surface area contributed by atoms with Crippen LogP contribution in [0.1, 0.15) is 37.6 Å². The number of furan rings is 1. The van der Waals surface area contributed by atoms with Crippen molar-refractivity contribution in [1.82, 2.24) is 4.90 Å². The van der Waals surface area contributed by atoms with Crippen LogP contribution in [0.4, 0.5) is 0 Å². The first kappa shape index (κ1) is 12.6. The molecular formula is C13H19NO2S. The molecular weight excluding hydrogens is 234 g/mol. The Morgan fingerprint density at radius 3 is 2.88 bits per heavy atom. The summed E-state index contributed by atoms with van der Waals surface area (Å²) in [5.74, 6) is 0.0933. The lowest BCUT2D eigenvalue weighted by molar-refractivity contribution is 0.0792. The molecule has 1 aromatic rings. The molecule has 0 N–H and O–H groups in total. The van der Waals surface area contributed by atoms with E-state index < -0.39 is 0 Å². The van der Waals surface area contributed by atoms with Crippen molar-refractivity contribution >= 4 is 17.7 Å². The summed E-state index contributed by atoms with van der Waals surface area (Å²) in [6.45, 7) is 8.37. The fourth-order valence-corrected chi connectivity index (χ4v) is 3.56. The second-order valence-electron chi connectivity index (χ2n) is 5.40. The van der Waals surface area contributed by atoms with Gasteiger partial charge in [-0.3, -0.25) is 4.79 Å². The van der Waals surface area contributed by atoms with Crippen LogP contribution in [0.3, 0.4) is 0 Å². The van der Waals surface area contributed by atoms with E-state index in [9.17, 15) is 4.79 Å². The van der Waals surface area contributed by atoms with Crippen LogP contribution in [-0.4, -0.2) is 33.9 Å². The molecule has 1 unspecified atom stereocenters. The highest BCUT2D eigenvalue weighted by molar-refractivity contribution is 8.01. The van der Waals surface area contributed by atoms with Gasteiger partial charge in [0.15, 0.2) is 0 Å². The van der Waals surface area contributed by atoms with Gasteiger partial charge in [0.1, 0.15) is 6.26 Å². The van der Waals surface area contributed by atoms with Crippen molar-refractivity contribution in [2.75, 3.05) is 13.1 Å². The molecule has 1 fully saturated rings. The second kappa shape index (κ2) is 4.77. The van der Waals surface area contributed by atoms with Crippen LogP contribution in [0.15, 0.2) is 23.0 Å². The highest BCUT2D eigenvalue weighted by Gasteiger charge is 2.30. The van der Waals surface area contributed by atoms with E-state index in [0.29, 0.717) is 10.8 Å². The van der Waals surface area contributed by atoms with Crippen LogP contribution in [0, 0.1) is 0 Å². The maximum absolute atomic E-state index is 12.1. The molecule has 1 aromatic heterocycles. The fourth-order valence-electron chi connectivity index (χ4n) is 2.08. The van der Waals surface area contributed by atoms with Gasteiger partial charge in [-0.1, -0.05) is 20.8 Å². The minimum atomic E-state index is 0.0933. The third-order valence-corrected chi connectivity index (χ3v) is 4.15. The van der Waals surface area contributed by atoms with Gasteiger partial charge < -0.3 is 9.32 Å². The first-order valence-corrected chi connectivity index (χ1v) is 6.83. The minimum Gasteiger partial charge on any atom is -0.472 e. The van der Waals surface area contributed by atoms with E-state index in [2.05, 4.69) is 20.8 Å². The summed E-state index contributed by atoms with van der Waals surface area (Å²) >= 11 is 1.97.